The summed E-state index contributed by atoms with van der Waals surface area (Å²) >= 11 is 0. The van der Waals surface area contributed by atoms with E-state index in [-0.39, 0.29) is 11.6 Å². The van der Waals surface area contributed by atoms with Crippen molar-refractivity contribution in [2.24, 2.45) is 16.8 Å². The van der Waals surface area contributed by atoms with E-state index in [0.717, 1.165) is 61.4 Å². The summed E-state index contributed by atoms with van der Waals surface area (Å²) in [7, 11) is 2.17. The maximum atomic E-state index is 13.7. The summed E-state index contributed by atoms with van der Waals surface area (Å²) in [6, 6.07) is 6.67. The van der Waals surface area contributed by atoms with Crippen molar-refractivity contribution < 1.29 is 8.78 Å². The minimum atomic E-state index is -0.304. The van der Waals surface area contributed by atoms with Gasteiger partial charge in [-0.3, -0.25) is 9.98 Å². The lowest BCUT2D eigenvalue weighted by atomic mass is 9.90. The number of fused-ring (bicyclic) bond motifs is 1. The number of hydrogen-bond donors (Lipinski definition) is 2. The van der Waals surface area contributed by atoms with E-state index in [4.69, 9.17) is 0 Å². The molecule has 3 heterocycles. The van der Waals surface area contributed by atoms with Crippen LogP contribution in [0.1, 0.15) is 12.8 Å². The smallest absolute Gasteiger partial charge is 0.125 e. The summed E-state index contributed by atoms with van der Waals surface area (Å²) in [6.07, 6.45) is 12.0. The van der Waals surface area contributed by atoms with Crippen molar-refractivity contribution in [3.05, 3.63) is 84.3 Å². The molecule has 1 fully saturated rings. The maximum absolute atomic E-state index is 13.7. The van der Waals surface area contributed by atoms with Crippen LogP contribution in [0.2, 0.25) is 0 Å². The average Bonchev–Trinajstić information content (AvgIpc) is 3.19. The number of allylic oxidation sites excluding steroid dienone is 4. The predicted molar refractivity (Wildman–Crippen MR) is 141 cm³/mol. The van der Waals surface area contributed by atoms with Crippen molar-refractivity contribution in [1.29, 1.82) is 0 Å². The van der Waals surface area contributed by atoms with Gasteiger partial charge in [0.25, 0.3) is 0 Å². The van der Waals surface area contributed by atoms with Gasteiger partial charge in [0.1, 0.15) is 11.6 Å². The molecule has 2 aromatic rings. The lowest BCUT2D eigenvalue weighted by Crippen LogP contribution is -2.23. The molecule has 1 saturated heterocycles. The Kier molecular flexibility index (Phi) is 8.42. The Morgan fingerprint density at radius 1 is 1.06 bits per heavy atom. The van der Waals surface area contributed by atoms with Crippen LogP contribution in [0.4, 0.5) is 14.5 Å². The van der Waals surface area contributed by atoms with Crippen LogP contribution in [0.3, 0.4) is 0 Å². The van der Waals surface area contributed by atoms with E-state index < -0.39 is 0 Å². The van der Waals surface area contributed by atoms with Crippen LogP contribution in [0.5, 0.6) is 0 Å². The number of pyridine rings is 1. The summed E-state index contributed by atoms with van der Waals surface area (Å²) in [6.45, 7) is 8.19. The molecular formula is C28H33F2N5. The Hall–Kier alpha value is -3.32. The Morgan fingerprint density at radius 3 is 2.63 bits per heavy atom. The summed E-state index contributed by atoms with van der Waals surface area (Å²) in [5.74, 6) is 0.587. The number of anilines is 1. The average molecular weight is 478 g/mol. The van der Waals surface area contributed by atoms with E-state index in [2.05, 4.69) is 39.1 Å². The van der Waals surface area contributed by atoms with Gasteiger partial charge in [-0.05, 0) is 73.7 Å². The van der Waals surface area contributed by atoms with Gasteiger partial charge in [0, 0.05) is 61.4 Å². The van der Waals surface area contributed by atoms with Crippen LogP contribution in [0.15, 0.2) is 83.4 Å². The zero-order chi connectivity index (χ0) is 24.6. The van der Waals surface area contributed by atoms with E-state index in [1.54, 1.807) is 24.6 Å². The zero-order valence-electron chi connectivity index (χ0n) is 20.2. The fraction of sp³-hybridized carbons (Fsp3) is 0.357. The lowest BCUT2D eigenvalue weighted by molar-refractivity contribution is 0.376. The Morgan fingerprint density at radius 2 is 1.83 bits per heavy atom. The summed E-state index contributed by atoms with van der Waals surface area (Å²) < 4.78 is 27.2. The number of nitrogens with one attached hydrogen (secondary N) is 2. The highest BCUT2D eigenvalue weighted by atomic mass is 19.1. The molecule has 0 amide bonds. The predicted octanol–water partition coefficient (Wildman–Crippen LogP) is 5.27. The van der Waals surface area contributed by atoms with Gasteiger partial charge in [0.2, 0.25) is 0 Å². The first-order chi connectivity index (χ1) is 17.0. The van der Waals surface area contributed by atoms with Crippen molar-refractivity contribution in [3.8, 4) is 0 Å². The Balaban J connectivity index is 1.30. The second-order valence-electron chi connectivity index (χ2n) is 9.23. The highest BCUT2D eigenvalue weighted by Gasteiger charge is 2.30. The fourth-order valence-electron chi connectivity index (χ4n) is 4.83. The number of aliphatic imine (C=N–C) groups is 1. The SMILES string of the molecule is C=C1/C=C\C(F)=C/CN=CC=C1NCC[C@@H]1CN(C)C[C@@H]1CCNc1ccnc2cc(F)ccc12. The molecule has 0 radical (unpaired) electrons. The molecule has 7 heteroatoms. The molecule has 2 atom stereocenters. The molecule has 5 nitrogen and oxygen atoms in total. The van der Waals surface area contributed by atoms with E-state index in [0.29, 0.717) is 23.9 Å². The van der Waals surface area contributed by atoms with Gasteiger partial charge >= 0.3 is 0 Å². The molecule has 35 heavy (non-hydrogen) atoms. The Labute approximate surface area is 206 Å². The molecule has 2 N–H and O–H groups in total. The van der Waals surface area contributed by atoms with Gasteiger partial charge < -0.3 is 15.5 Å². The van der Waals surface area contributed by atoms with Gasteiger partial charge in [-0.1, -0.05) is 12.7 Å². The van der Waals surface area contributed by atoms with Crippen molar-refractivity contribution in [2.45, 2.75) is 12.8 Å². The maximum Gasteiger partial charge on any atom is 0.125 e. The largest absolute Gasteiger partial charge is 0.385 e. The van der Waals surface area contributed by atoms with Crippen LogP contribution < -0.4 is 10.6 Å². The topological polar surface area (TPSA) is 52.6 Å². The Bertz CT molecular complexity index is 1170. The van der Waals surface area contributed by atoms with E-state index in [1.807, 2.05) is 12.1 Å². The van der Waals surface area contributed by atoms with Crippen LogP contribution in [0.25, 0.3) is 10.9 Å². The molecule has 2 aliphatic rings. The first kappa shape index (κ1) is 24.8. The first-order valence-corrected chi connectivity index (χ1v) is 12.1. The number of benzene rings is 1. The molecule has 184 valence electrons. The zero-order valence-corrected chi connectivity index (χ0v) is 20.2. The molecule has 4 rings (SSSR count). The quantitative estimate of drug-likeness (QED) is 0.544. The van der Waals surface area contributed by atoms with Crippen molar-refractivity contribution in [3.63, 3.8) is 0 Å². The van der Waals surface area contributed by atoms with Gasteiger partial charge in [-0.2, -0.15) is 0 Å². The standard InChI is InChI=1S/C28H33F2N5/c1-20-3-4-23(29)9-12-31-13-10-26(20)32-14-7-21-18-35(2)19-22(21)8-15-33-27-11-16-34-28-17-24(30)5-6-25(27)28/h3-6,9-11,13,16-17,21-22,32H,1,7-8,12,14-15,18-19H2,2H3,(H,33,34)/b4-3-,23-9+,26-10?,31-13?/t21-,22+/m1/s1. The highest BCUT2D eigenvalue weighted by Crippen LogP contribution is 2.29. The first-order valence-electron chi connectivity index (χ1n) is 12.1. The van der Waals surface area contributed by atoms with E-state index in [1.165, 1.54) is 24.3 Å². The molecule has 1 aromatic heterocycles. The van der Waals surface area contributed by atoms with Crippen LogP contribution in [-0.4, -0.2) is 55.9 Å². The molecule has 1 aromatic carbocycles. The number of nitrogens with zero attached hydrogens (tertiary/aromatic N) is 3. The van der Waals surface area contributed by atoms with Crippen molar-refractivity contribution >= 4 is 22.8 Å². The van der Waals surface area contributed by atoms with Gasteiger partial charge in [0.05, 0.1) is 12.1 Å². The van der Waals surface area contributed by atoms with Crippen LogP contribution >= 0.6 is 0 Å². The third-order valence-electron chi connectivity index (χ3n) is 6.65. The monoisotopic (exact) mass is 477 g/mol. The van der Waals surface area contributed by atoms with E-state index in [9.17, 15) is 8.78 Å². The van der Waals surface area contributed by atoms with E-state index >= 15 is 0 Å². The normalized spacial score (nSPS) is 23.6. The summed E-state index contributed by atoms with van der Waals surface area (Å²) in [5, 5.41) is 7.95. The molecule has 2 aliphatic heterocycles. The molecule has 0 unspecified atom stereocenters. The van der Waals surface area contributed by atoms with Gasteiger partial charge in [0.15, 0.2) is 0 Å². The van der Waals surface area contributed by atoms with Crippen molar-refractivity contribution in [1.82, 2.24) is 15.2 Å². The fourth-order valence-corrected chi connectivity index (χ4v) is 4.83. The number of hydrogen-bond acceptors (Lipinski definition) is 5. The summed E-state index contributed by atoms with van der Waals surface area (Å²) in [5.41, 5.74) is 3.25. The molecule has 0 aliphatic carbocycles. The third kappa shape index (κ3) is 6.85. The molecular weight excluding hydrogens is 444 g/mol. The molecule has 0 spiro atoms. The minimum absolute atomic E-state index is 0.273. The number of likely N-dealkylation sites (tertiary alicyclic amines) is 1. The number of aromatic nitrogens is 1. The van der Waals surface area contributed by atoms with Crippen LogP contribution in [-0.2, 0) is 0 Å². The molecule has 0 saturated carbocycles. The summed E-state index contributed by atoms with van der Waals surface area (Å²) in [4.78, 5) is 10.9. The second-order valence-corrected chi connectivity index (χ2v) is 9.23. The minimum Gasteiger partial charge on any atom is -0.385 e. The second kappa shape index (κ2) is 11.9. The van der Waals surface area contributed by atoms with Crippen molar-refractivity contribution in [2.75, 3.05) is 45.1 Å². The van der Waals surface area contributed by atoms with Gasteiger partial charge in [-0.15, -0.1) is 0 Å². The number of rotatable bonds is 8. The van der Waals surface area contributed by atoms with Crippen LogP contribution in [0, 0.1) is 17.7 Å². The highest BCUT2D eigenvalue weighted by molar-refractivity contribution is 5.90. The lowest BCUT2D eigenvalue weighted by Gasteiger charge is -2.20. The number of halogens is 2. The third-order valence-corrected chi connectivity index (χ3v) is 6.65. The molecule has 0 bridgehead atoms. The van der Waals surface area contributed by atoms with Gasteiger partial charge in [-0.25, -0.2) is 8.78 Å².